The molecule has 13 heavy (non-hydrogen) atoms. The molecule has 0 aliphatic rings. The Morgan fingerprint density at radius 1 is 1.54 bits per heavy atom. The molecule has 0 amide bonds. The molecule has 0 aromatic heterocycles. The molecule has 2 nitrogen and oxygen atoms in total. The van der Waals surface area contributed by atoms with E-state index in [1.54, 1.807) is 12.1 Å². The Labute approximate surface area is 83.3 Å². The second-order valence-corrected chi connectivity index (χ2v) is 3.50. The van der Waals surface area contributed by atoms with Crippen LogP contribution in [0.1, 0.15) is 18.9 Å². The number of rotatable bonds is 3. The summed E-state index contributed by atoms with van der Waals surface area (Å²) in [5.74, 6) is 0.127. The lowest BCUT2D eigenvalue weighted by Gasteiger charge is -2.10. The van der Waals surface area contributed by atoms with Crippen LogP contribution < -0.4 is 5.73 Å². The van der Waals surface area contributed by atoms with Gasteiger partial charge in [-0.2, -0.15) is 0 Å². The number of phenolic OH excluding ortho intramolecular Hbond substituents is 1. The zero-order valence-electron chi connectivity index (χ0n) is 7.63. The first kappa shape index (κ1) is 10.4. The van der Waals surface area contributed by atoms with Crippen LogP contribution in [0.3, 0.4) is 0 Å². The highest BCUT2D eigenvalue weighted by Crippen LogP contribution is 2.27. The number of nitrogens with two attached hydrogens (primary N) is 1. The minimum atomic E-state index is 0.110. The number of halogens is 1. The van der Waals surface area contributed by atoms with Gasteiger partial charge in [0.1, 0.15) is 5.75 Å². The zero-order chi connectivity index (χ0) is 9.84. The third-order valence-electron chi connectivity index (χ3n) is 2.06. The number of hydrogen-bond donors (Lipinski definition) is 2. The normalized spacial score (nSPS) is 12.8. The molecular formula is C10H14ClNO. The number of benzene rings is 1. The van der Waals surface area contributed by atoms with Gasteiger partial charge in [0.15, 0.2) is 0 Å². The largest absolute Gasteiger partial charge is 0.506 e. The lowest BCUT2D eigenvalue weighted by Crippen LogP contribution is -2.21. The van der Waals surface area contributed by atoms with Crippen LogP contribution in [-0.2, 0) is 6.42 Å². The average molecular weight is 200 g/mol. The van der Waals surface area contributed by atoms with Gasteiger partial charge in [0.2, 0.25) is 0 Å². The summed E-state index contributed by atoms with van der Waals surface area (Å²) in [6.45, 7) is 2.03. The summed E-state index contributed by atoms with van der Waals surface area (Å²) < 4.78 is 0. The predicted molar refractivity (Wildman–Crippen MR) is 55.1 cm³/mol. The van der Waals surface area contributed by atoms with Crippen LogP contribution in [0, 0.1) is 0 Å². The Morgan fingerprint density at radius 3 is 2.85 bits per heavy atom. The van der Waals surface area contributed by atoms with Crippen molar-refractivity contribution in [1.82, 2.24) is 0 Å². The van der Waals surface area contributed by atoms with E-state index in [4.69, 9.17) is 17.3 Å². The molecule has 1 unspecified atom stereocenters. The predicted octanol–water partition coefficient (Wildman–Crippen LogP) is 2.33. The molecule has 1 aromatic rings. The molecule has 0 spiro atoms. The molecule has 0 saturated carbocycles. The topological polar surface area (TPSA) is 46.2 Å². The summed E-state index contributed by atoms with van der Waals surface area (Å²) >= 11 is 5.89. The van der Waals surface area contributed by atoms with Crippen molar-refractivity contribution in [3.05, 3.63) is 28.8 Å². The highest BCUT2D eigenvalue weighted by Gasteiger charge is 2.07. The molecule has 72 valence electrons. The summed E-state index contributed by atoms with van der Waals surface area (Å²) in [5.41, 5.74) is 6.70. The second-order valence-electron chi connectivity index (χ2n) is 3.12. The van der Waals surface area contributed by atoms with Gasteiger partial charge in [0, 0.05) is 6.04 Å². The van der Waals surface area contributed by atoms with E-state index in [2.05, 4.69) is 0 Å². The molecule has 0 aliphatic heterocycles. The van der Waals surface area contributed by atoms with Crippen molar-refractivity contribution in [3.8, 4) is 5.75 Å². The molecule has 1 aromatic carbocycles. The van der Waals surface area contributed by atoms with E-state index >= 15 is 0 Å². The number of phenols is 1. The summed E-state index contributed by atoms with van der Waals surface area (Å²) in [4.78, 5) is 0. The van der Waals surface area contributed by atoms with E-state index < -0.39 is 0 Å². The SMILES string of the molecule is CCC(N)Cc1cccc(O)c1Cl. The molecule has 0 fully saturated rings. The van der Waals surface area contributed by atoms with E-state index in [-0.39, 0.29) is 11.8 Å². The molecule has 3 heteroatoms. The van der Waals surface area contributed by atoms with Gasteiger partial charge in [-0.1, -0.05) is 30.7 Å². The molecule has 0 saturated heterocycles. The minimum absolute atomic E-state index is 0.110. The lowest BCUT2D eigenvalue weighted by atomic mass is 10.0. The highest BCUT2D eigenvalue weighted by molar-refractivity contribution is 6.32. The van der Waals surface area contributed by atoms with Gasteiger partial charge in [-0.3, -0.25) is 0 Å². The van der Waals surface area contributed by atoms with Crippen LogP contribution in [0.4, 0.5) is 0 Å². The average Bonchev–Trinajstić information content (AvgIpc) is 2.13. The van der Waals surface area contributed by atoms with Gasteiger partial charge in [0.25, 0.3) is 0 Å². The molecule has 0 heterocycles. The molecule has 1 atom stereocenters. The van der Waals surface area contributed by atoms with E-state index in [0.29, 0.717) is 11.4 Å². The Morgan fingerprint density at radius 2 is 2.23 bits per heavy atom. The summed E-state index contributed by atoms with van der Waals surface area (Å²) in [7, 11) is 0. The second kappa shape index (κ2) is 4.49. The monoisotopic (exact) mass is 199 g/mol. The van der Waals surface area contributed by atoms with Gasteiger partial charge < -0.3 is 10.8 Å². The molecule has 0 radical (unpaired) electrons. The first-order valence-corrected chi connectivity index (χ1v) is 4.75. The van der Waals surface area contributed by atoms with Gasteiger partial charge in [-0.25, -0.2) is 0 Å². The molecule has 0 aliphatic carbocycles. The molecular weight excluding hydrogens is 186 g/mol. The van der Waals surface area contributed by atoms with Crippen LogP contribution in [0.15, 0.2) is 18.2 Å². The van der Waals surface area contributed by atoms with Crippen molar-refractivity contribution in [1.29, 1.82) is 0 Å². The highest BCUT2D eigenvalue weighted by atomic mass is 35.5. The Hall–Kier alpha value is -0.730. The first-order chi connectivity index (χ1) is 6.15. The molecule has 3 N–H and O–H groups in total. The van der Waals surface area contributed by atoms with Crippen LogP contribution in [0.2, 0.25) is 5.02 Å². The fraction of sp³-hybridized carbons (Fsp3) is 0.400. The summed E-state index contributed by atoms with van der Waals surface area (Å²) in [5, 5.41) is 9.74. The van der Waals surface area contributed by atoms with Crippen LogP contribution >= 0.6 is 11.6 Å². The molecule has 1 rings (SSSR count). The van der Waals surface area contributed by atoms with E-state index in [1.807, 2.05) is 13.0 Å². The molecule has 0 bridgehead atoms. The van der Waals surface area contributed by atoms with Gasteiger partial charge in [-0.15, -0.1) is 0 Å². The fourth-order valence-corrected chi connectivity index (χ4v) is 1.35. The standard InChI is InChI=1S/C10H14ClNO/c1-2-8(12)6-7-4-3-5-9(13)10(7)11/h3-5,8,13H,2,6,12H2,1H3. The third-order valence-corrected chi connectivity index (χ3v) is 2.50. The van der Waals surface area contributed by atoms with Crippen LogP contribution in [0.5, 0.6) is 5.75 Å². The maximum Gasteiger partial charge on any atom is 0.134 e. The third kappa shape index (κ3) is 2.61. The Bertz CT molecular complexity index is 288. The van der Waals surface area contributed by atoms with Crippen molar-refractivity contribution in [2.45, 2.75) is 25.8 Å². The van der Waals surface area contributed by atoms with E-state index in [1.165, 1.54) is 0 Å². The van der Waals surface area contributed by atoms with Crippen molar-refractivity contribution in [3.63, 3.8) is 0 Å². The van der Waals surface area contributed by atoms with Crippen molar-refractivity contribution < 1.29 is 5.11 Å². The quantitative estimate of drug-likeness (QED) is 0.785. The van der Waals surface area contributed by atoms with E-state index in [9.17, 15) is 5.11 Å². The Kier molecular flexibility index (Phi) is 3.58. The minimum Gasteiger partial charge on any atom is -0.506 e. The lowest BCUT2D eigenvalue weighted by molar-refractivity contribution is 0.474. The zero-order valence-corrected chi connectivity index (χ0v) is 8.38. The first-order valence-electron chi connectivity index (χ1n) is 4.37. The van der Waals surface area contributed by atoms with Gasteiger partial charge in [-0.05, 0) is 24.5 Å². The maximum absolute atomic E-state index is 9.31. The number of hydrogen-bond acceptors (Lipinski definition) is 2. The van der Waals surface area contributed by atoms with Crippen molar-refractivity contribution in [2.75, 3.05) is 0 Å². The van der Waals surface area contributed by atoms with E-state index in [0.717, 1.165) is 12.0 Å². The summed E-state index contributed by atoms with van der Waals surface area (Å²) in [6, 6.07) is 5.35. The van der Waals surface area contributed by atoms with Gasteiger partial charge >= 0.3 is 0 Å². The maximum atomic E-state index is 9.31. The van der Waals surface area contributed by atoms with Gasteiger partial charge in [0.05, 0.1) is 5.02 Å². The van der Waals surface area contributed by atoms with Crippen molar-refractivity contribution >= 4 is 11.6 Å². The van der Waals surface area contributed by atoms with Crippen LogP contribution in [-0.4, -0.2) is 11.1 Å². The smallest absolute Gasteiger partial charge is 0.134 e. The van der Waals surface area contributed by atoms with Crippen molar-refractivity contribution in [2.24, 2.45) is 5.73 Å². The Balaban J connectivity index is 2.83. The summed E-state index contributed by atoms with van der Waals surface area (Å²) in [6.07, 6.45) is 1.62. The number of aromatic hydroxyl groups is 1. The fourth-order valence-electron chi connectivity index (χ4n) is 1.15. The van der Waals surface area contributed by atoms with Crippen LogP contribution in [0.25, 0.3) is 0 Å².